The lowest BCUT2D eigenvalue weighted by molar-refractivity contribution is 0.401. The van der Waals surface area contributed by atoms with Crippen LogP contribution in [0.4, 0.5) is 0 Å². The molecular weight excluding hydrogens is 216 g/mol. The highest BCUT2D eigenvalue weighted by molar-refractivity contribution is 5.75. The molecular formula is C14H14O3. The van der Waals surface area contributed by atoms with Crippen molar-refractivity contribution in [1.29, 1.82) is 0 Å². The largest absolute Gasteiger partial charge is 0.508 e. The lowest BCUT2D eigenvalue weighted by Gasteiger charge is -2.13. The van der Waals surface area contributed by atoms with E-state index in [1.54, 1.807) is 31.2 Å². The van der Waals surface area contributed by atoms with Crippen molar-refractivity contribution in [2.75, 3.05) is 0 Å². The molecule has 0 aromatic heterocycles. The third-order valence-corrected chi connectivity index (χ3v) is 2.88. The monoisotopic (exact) mass is 230 g/mol. The van der Waals surface area contributed by atoms with Gasteiger partial charge in [0, 0.05) is 5.56 Å². The van der Waals surface area contributed by atoms with Gasteiger partial charge in [-0.1, -0.05) is 12.1 Å². The Bertz CT molecular complexity index is 557. The van der Waals surface area contributed by atoms with Gasteiger partial charge in [0.15, 0.2) is 11.5 Å². The molecule has 3 N–H and O–H groups in total. The van der Waals surface area contributed by atoms with Crippen LogP contribution in [0.3, 0.4) is 0 Å². The topological polar surface area (TPSA) is 60.7 Å². The van der Waals surface area contributed by atoms with Gasteiger partial charge in [0.25, 0.3) is 0 Å². The fraction of sp³-hybridized carbons (Fsp3) is 0.143. The van der Waals surface area contributed by atoms with Gasteiger partial charge in [-0.2, -0.15) is 0 Å². The van der Waals surface area contributed by atoms with Crippen molar-refractivity contribution in [3.8, 4) is 28.4 Å². The molecule has 2 aromatic carbocycles. The molecule has 0 aliphatic heterocycles. The van der Waals surface area contributed by atoms with Crippen molar-refractivity contribution in [1.82, 2.24) is 0 Å². The van der Waals surface area contributed by atoms with Crippen LogP contribution >= 0.6 is 0 Å². The predicted molar refractivity (Wildman–Crippen MR) is 66.3 cm³/mol. The van der Waals surface area contributed by atoms with Crippen LogP contribution in [0, 0.1) is 13.8 Å². The fourth-order valence-corrected chi connectivity index (χ4v) is 2.02. The summed E-state index contributed by atoms with van der Waals surface area (Å²) in [7, 11) is 0. The minimum Gasteiger partial charge on any atom is -0.508 e. The molecule has 0 bridgehead atoms. The number of benzene rings is 2. The molecule has 88 valence electrons. The zero-order valence-electron chi connectivity index (χ0n) is 9.73. The van der Waals surface area contributed by atoms with E-state index >= 15 is 0 Å². The second-order valence-corrected chi connectivity index (χ2v) is 4.11. The summed E-state index contributed by atoms with van der Waals surface area (Å²) >= 11 is 0. The first-order chi connectivity index (χ1) is 8.00. The van der Waals surface area contributed by atoms with Crippen molar-refractivity contribution in [3.63, 3.8) is 0 Å². The van der Waals surface area contributed by atoms with Gasteiger partial charge in [-0.25, -0.2) is 0 Å². The number of phenolic OH excluding ortho intramolecular Hbond substituents is 3. The third kappa shape index (κ3) is 1.91. The van der Waals surface area contributed by atoms with Crippen molar-refractivity contribution in [3.05, 3.63) is 41.5 Å². The molecule has 2 rings (SSSR count). The molecule has 0 atom stereocenters. The Morgan fingerprint density at radius 2 is 1.47 bits per heavy atom. The molecule has 0 saturated heterocycles. The van der Waals surface area contributed by atoms with Gasteiger partial charge in [0.1, 0.15) is 5.75 Å². The Kier molecular flexibility index (Phi) is 2.68. The first kappa shape index (κ1) is 11.3. The van der Waals surface area contributed by atoms with Crippen molar-refractivity contribution >= 4 is 0 Å². The van der Waals surface area contributed by atoms with Gasteiger partial charge in [-0.05, 0) is 48.7 Å². The molecule has 0 radical (unpaired) electrons. The van der Waals surface area contributed by atoms with Gasteiger partial charge in [0.2, 0.25) is 0 Å². The van der Waals surface area contributed by atoms with E-state index in [1.165, 1.54) is 6.07 Å². The number of aromatic hydroxyl groups is 3. The summed E-state index contributed by atoms with van der Waals surface area (Å²) in [5, 5.41) is 28.5. The molecule has 3 heteroatoms. The van der Waals surface area contributed by atoms with Gasteiger partial charge in [0.05, 0.1) is 0 Å². The smallest absolute Gasteiger partial charge is 0.161 e. The summed E-state index contributed by atoms with van der Waals surface area (Å²) in [5.74, 6) is -0.00624. The molecule has 0 heterocycles. The summed E-state index contributed by atoms with van der Waals surface area (Å²) in [4.78, 5) is 0. The Labute approximate surface area is 99.6 Å². The highest BCUT2D eigenvalue weighted by Gasteiger charge is 2.13. The molecule has 0 fully saturated rings. The zero-order valence-corrected chi connectivity index (χ0v) is 9.73. The third-order valence-electron chi connectivity index (χ3n) is 2.88. The first-order valence-corrected chi connectivity index (χ1v) is 5.32. The Balaban J connectivity index is 2.67. The fourth-order valence-electron chi connectivity index (χ4n) is 2.02. The van der Waals surface area contributed by atoms with E-state index in [0.29, 0.717) is 5.56 Å². The maximum Gasteiger partial charge on any atom is 0.161 e. The van der Waals surface area contributed by atoms with Crippen molar-refractivity contribution in [2.45, 2.75) is 13.8 Å². The van der Waals surface area contributed by atoms with E-state index in [4.69, 9.17) is 0 Å². The summed E-state index contributed by atoms with van der Waals surface area (Å²) in [5.41, 5.74) is 3.28. The standard InChI is InChI=1S/C14H14O3/c1-8-7-12(16)14(17)9(2)13(8)10-3-5-11(15)6-4-10/h3-7,15-17H,1-2H3. The van der Waals surface area contributed by atoms with Gasteiger partial charge >= 0.3 is 0 Å². The lowest BCUT2D eigenvalue weighted by Crippen LogP contribution is -1.89. The summed E-state index contributed by atoms with van der Waals surface area (Å²) in [6.07, 6.45) is 0. The Morgan fingerprint density at radius 3 is 2.06 bits per heavy atom. The van der Waals surface area contributed by atoms with E-state index in [9.17, 15) is 15.3 Å². The SMILES string of the molecule is Cc1cc(O)c(O)c(C)c1-c1ccc(O)cc1. The minimum atomic E-state index is -0.109. The average molecular weight is 230 g/mol. The summed E-state index contributed by atoms with van der Waals surface area (Å²) in [6, 6.07) is 8.28. The number of hydrogen-bond acceptors (Lipinski definition) is 3. The summed E-state index contributed by atoms with van der Waals surface area (Å²) in [6.45, 7) is 3.62. The van der Waals surface area contributed by atoms with E-state index in [2.05, 4.69) is 0 Å². The van der Waals surface area contributed by atoms with Gasteiger partial charge < -0.3 is 15.3 Å². The molecule has 0 unspecified atom stereocenters. The van der Waals surface area contributed by atoms with Crippen LogP contribution < -0.4 is 0 Å². The van der Waals surface area contributed by atoms with Crippen LogP contribution in [0.25, 0.3) is 11.1 Å². The zero-order chi connectivity index (χ0) is 12.6. The quantitative estimate of drug-likeness (QED) is 0.660. The molecule has 3 nitrogen and oxygen atoms in total. The molecule has 0 aliphatic rings. The average Bonchev–Trinajstić information content (AvgIpc) is 2.29. The molecule has 17 heavy (non-hydrogen) atoms. The number of phenols is 3. The van der Waals surface area contributed by atoms with E-state index in [1.807, 2.05) is 6.92 Å². The minimum absolute atomic E-state index is 0.0984. The van der Waals surface area contributed by atoms with Crippen LogP contribution in [0.5, 0.6) is 17.2 Å². The second-order valence-electron chi connectivity index (χ2n) is 4.11. The van der Waals surface area contributed by atoms with E-state index in [0.717, 1.165) is 16.7 Å². The normalized spacial score (nSPS) is 10.5. The molecule has 0 saturated carbocycles. The van der Waals surface area contributed by atoms with Crippen LogP contribution in [-0.4, -0.2) is 15.3 Å². The van der Waals surface area contributed by atoms with Crippen molar-refractivity contribution in [2.24, 2.45) is 0 Å². The number of hydrogen-bond donors (Lipinski definition) is 3. The van der Waals surface area contributed by atoms with Crippen molar-refractivity contribution < 1.29 is 15.3 Å². The van der Waals surface area contributed by atoms with Crippen LogP contribution in [0.15, 0.2) is 30.3 Å². The first-order valence-electron chi connectivity index (χ1n) is 5.32. The molecule has 0 spiro atoms. The Morgan fingerprint density at radius 1 is 0.882 bits per heavy atom. The van der Waals surface area contributed by atoms with E-state index in [-0.39, 0.29) is 17.2 Å². The second kappa shape index (κ2) is 4.01. The van der Waals surface area contributed by atoms with E-state index < -0.39 is 0 Å². The van der Waals surface area contributed by atoms with Crippen LogP contribution in [0.2, 0.25) is 0 Å². The van der Waals surface area contributed by atoms with Crippen LogP contribution in [0.1, 0.15) is 11.1 Å². The molecule has 2 aromatic rings. The highest BCUT2D eigenvalue weighted by atomic mass is 16.3. The predicted octanol–water partition coefficient (Wildman–Crippen LogP) is 3.09. The maximum absolute atomic E-state index is 9.73. The molecule has 0 aliphatic carbocycles. The van der Waals surface area contributed by atoms with Crippen LogP contribution in [-0.2, 0) is 0 Å². The molecule has 0 amide bonds. The summed E-state index contributed by atoms with van der Waals surface area (Å²) < 4.78 is 0. The highest BCUT2D eigenvalue weighted by Crippen LogP contribution is 2.38. The number of rotatable bonds is 1. The van der Waals surface area contributed by atoms with Gasteiger partial charge in [-0.15, -0.1) is 0 Å². The maximum atomic E-state index is 9.73. The Hall–Kier alpha value is -2.16. The van der Waals surface area contributed by atoms with Gasteiger partial charge in [-0.3, -0.25) is 0 Å². The lowest BCUT2D eigenvalue weighted by atomic mass is 9.94. The number of aryl methyl sites for hydroxylation is 1.